The zero-order valence-electron chi connectivity index (χ0n) is 10.3. The molecule has 1 aromatic carbocycles. The predicted molar refractivity (Wildman–Crippen MR) is 113 cm³/mol. The first kappa shape index (κ1) is 22.5. The second-order valence-electron chi connectivity index (χ2n) is 3.58. The fourth-order valence-electron chi connectivity index (χ4n) is 0.890. The largest absolute Gasteiger partial charge is 0.379 e. The quantitative estimate of drug-likeness (QED) is 0.221. The molecule has 8 heteroatoms. The Labute approximate surface area is 179 Å². The van der Waals surface area contributed by atoms with Crippen LogP contribution in [-0.2, 0) is 4.74 Å². The minimum Gasteiger partial charge on any atom is -0.379 e. The molecule has 2 unspecified atom stereocenters. The van der Waals surface area contributed by atoms with E-state index < -0.39 is 0 Å². The normalized spacial score (nSPS) is 13.3. The molecule has 0 aliphatic rings. The number of hydrogen-bond acceptors (Lipinski definition) is 1. The van der Waals surface area contributed by atoms with E-state index in [4.69, 9.17) is 4.74 Å². The molecule has 0 aliphatic heterocycles. The van der Waals surface area contributed by atoms with Gasteiger partial charge in [0.05, 0.1) is 13.2 Å². The Kier molecular flexibility index (Phi) is 15.7. The second-order valence-corrected chi connectivity index (χ2v) is 9.96. The molecule has 0 fully saturated rings. The summed E-state index contributed by atoms with van der Waals surface area (Å²) in [4.78, 5) is 0.829. The molecule has 20 heavy (non-hydrogen) atoms. The van der Waals surface area contributed by atoms with Gasteiger partial charge in [0.1, 0.15) is 0 Å². The van der Waals surface area contributed by atoms with E-state index in [1.165, 1.54) is 0 Å². The molecule has 1 rings (SSSR count). The molecular formula is C12H13Br7O. The lowest BCUT2D eigenvalue weighted by atomic mass is 10.4. The fraction of sp³-hybridized carbons (Fsp3) is 0.500. The molecule has 1 nitrogen and oxygen atoms in total. The fourth-order valence-corrected chi connectivity index (χ4v) is 2.90. The summed E-state index contributed by atoms with van der Waals surface area (Å²) in [6.07, 6.45) is 0. The molecule has 1 aromatic rings. The van der Waals surface area contributed by atoms with E-state index in [1.807, 2.05) is 18.2 Å². The van der Waals surface area contributed by atoms with Crippen molar-refractivity contribution in [2.24, 2.45) is 0 Å². The van der Waals surface area contributed by atoms with Crippen LogP contribution in [0.2, 0.25) is 0 Å². The Morgan fingerprint density at radius 1 is 0.850 bits per heavy atom. The highest BCUT2D eigenvalue weighted by molar-refractivity contribution is 9.14. The molecule has 0 heterocycles. The average molecular weight is 733 g/mol. The summed E-state index contributed by atoms with van der Waals surface area (Å²) in [5.74, 6) is 0. The number of halogens is 7. The molecule has 0 aromatic heterocycles. The van der Waals surface area contributed by atoms with Crippen molar-refractivity contribution in [3.8, 4) is 0 Å². The first-order valence-electron chi connectivity index (χ1n) is 5.49. The van der Waals surface area contributed by atoms with Crippen LogP contribution >= 0.6 is 112 Å². The maximum atomic E-state index is 5.39. The van der Waals surface area contributed by atoms with Crippen molar-refractivity contribution in [3.63, 3.8) is 0 Å². The van der Waals surface area contributed by atoms with Crippen molar-refractivity contribution < 1.29 is 4.74 Å². The number of rotatable bonds is 6. The van der Waals surface area contributed by atoms with E-state index in [1.54, 1.807) is 0 Å². The van der Waals surface area contributed by atoms with Gasteiger partial charge in [-0.25, -0.2) is 0 Å². The van der Waals surface area contributed by atoms with Gasteiger partial charge in [-0.1, -0.05) is 69.8 Å². The van der Waals surface area contributed by atoms with E-state index >= 15 is 0 Å². The number of ether oxygens (including phenoxy) is 1. The Morgan fingerprint density at radius 2 is 1.25 bits per heavy atom. The minimum absolute atomic E-state index is 0.414. The van der Waals surface area contributed by atoms with Crippen LogP contribution in [0.25, 0.3) is 0 Å². The van der Waals surface area contributed by atoms with E-state index in [-0.39, 0.29) is 0 Å². The zero-order valence-corrected chi connectivity index (χ0v) is 21.4. The van der Waals surface area contributed by atoms with E-state index in [0.29, 0.717) is 9.65 Å². The third kappa shape index (κ3) is 11.1. The lowest BCUT2D eigenvalue weighted by Gasteiger charge is -2.09. The van der Waals surface area contributed by atoms with Crippen LogP contribution in [0.3, 0.4) is 0 Å². The molecular weight excluding hydrogens is 719 g/mol. The van der Waals surface area contributed by atoms with Crippen molar-refractivity contribution in [1.82, 2.24) is 0 Å². The number of benzene rings is 1. The van der Waals surface area contributed by atoms with Gasteiger partial charge in [0.2, 0.25) is 0 Å². The standard InChI is InChI=1S/C6H10Br4O.C6H3Br3/c7-1-5(9)3-11-4-6(10)2-8;7-4-2-1-3-5(8)6(4)9/h5-6H,1-4H2;1-3H. The lowest BCUT2D eigenvalue weighted by Crippen LogP contribution is -2.16. The Morgan fingerprint density at radius 3 is 1.55 bits per heavy atom. The highest BCUT2D eigenvalue weighted by Gasteiger charge is 2.04. The van der Waals surface area contributed by atoms with Crippen LogP contribution in [0.5, 0.6) is 0 Å². The summed E-state index contributed by atoms with van der Waals surface area (Å²) < 4.78 is 8.58. The summed E-state index contributed by atoms with van der Waals surface area (Å²) in [7, 11) is 0. The van der Waals surface area contributed by atoms with E-state index in [9.17, 15) is 0 Å². The molecule has 0 saturated carbocycles. The Balaban J connectivity index is 0.000000367. The molecule has 0 aliphatic carbocycles. The maximum absolute atomic E-state index is 5.39. The van der Waals surface area contributed by atoms with Crippen LogP contribution in [0.4, 0.5) is 0 Å². The van der Waals surface area contributed by atoms with Crippen molar-refractivity contribution in [2.75, 3.05) is 23.9 Å². The minimum atomic E-state index is 0.414. The first-order valence-corrected chi connectivity index (χ1v) is 11.9. The molecule has 0 amide bonds. The van der Waals surface area contributed by atoms with Gasteiger partial charge in [-0.2, -0.15) is 0 Å². The Bertz CT molecular complexity index is 345. The van der Waals surface area contributed by atoms with Gasteiger partial charge in [0, 0.05) is 33.7 Å². The first-order chi connectivity index (χ1) is 9.42. The monoisotopic (exact) mass is 726 g/mol. The summed E-state index contributed by atoms with van der Waals surface area (Å²) in [5.41, 5.74) is 0. The predicted octanol–water partition coefficient (Wildman–Crippen LogP) is 7.29. The van der Waals surface area contributed by atoms with Crippen LogP contribution in [0, 0.1) is 0 Å². The average Bonchev–Trinajstić information content (AvgIpc) is 2.44. The molecule has 0 saturated heterocycles. The van der Waals surface area contributed by atoms with Crippen molar-refractivity contribution in [1.29, 1.82) is 0 Å². The highest BCUT2D eigenvalue weighted by Crippen LogP contribution is 2.29. The van der Waals surface area contributed by atoms with Gasteiger partial charge in [-0.15, -0.1) is 0 Å². The molecule has 0 N–H and O–H groups in total. The van der Waals surface area contributed by atoms with Crippen LogP contribution in [0.1, 0.15) is 0 Å². The van der Waals surface area contributed by atoms with E-state index in [2.05, 4.69) is 112 Å². The molecule has 0 spiro atoms. The van der Waals surface area contributed by atoms with Gasteiger partial charge in [0.15, 0.2) is 0 Å². The third-order valence-electron chi connectivity index (χ3n) is 1.84. The van der Waals surface area contributed by atoms with Crippen molar-refractivity contribution >= 4 is 112 Å². The smallest absolute Gasteiger partial charge is 0.0600 e. The van der Waals surface area contributed by atoms with Crippen LogP contribution in [-0.4, -0.2) is 33.5 Å². The lowest BCUT2D eigenvalue weighted by molar-refractivity contribution is 0.145. The third-order valence-corrected chi connectivity index (χ3v) is 9.55. The zero-order chi connectivity index (χ0) is 15.5. The molecule has 116 valence electrons. The number of hydrogen-bond donors (Lipinski definition) is 0. The van der Waals surface area contributed by atoms with Gasteiger partial charge in [0.25, 0.3) is 0 Å². The Hall–Kier alpha value is 2.54. The number of alkyl halides is 4. The van der Waals surface area contributed by atoms with Gasteiger partial charge < -0.3 is 4.74 Å². The van der Waals surface area contributed by atoms with Gasteiger partial charge >= 0.3 is 0 Å². The summed E-state index contributed by atoms with van der Waals surface area (Å²) >= 11 is 23.7. The SMILES string of the molecule is BrCC(Br)COCC(Br)CBr.Brc1cccc(Br)c1Br. The van der Waals surface area contributed by atoms with Crippen LogP contribution < -0.4 is 0 Å². The summed E-state index contributed by atoms with van der Waals surface area (Å²) in [6, 6.07) is 5.93. The summed E-state index contributed by atoms with van der Waals surface area (Å²) in [6.45, 7) is 1.50. The summed E-state index contributed by atoms with van der Waals surface area (Å²) in [5, 5.41) is 1.85. The van der Waals surface area contributed by atoms with Crippen molar-refractivity contribution in [3.05, 3.63) is 31.6 Å². The van der Waals surface area contributed by atoms with Gasteiger partial charge in [-0.3, -0.25) is 0 Å². The van der Waals surface area contributed by atoms with Crippen LogP contribution in [0.15, 0.2) is 31.6 Å². The molecule has 2 atom stereocenters. The maximum Gasteiger partial charge on any atom is 0.0600 e. The highest BCUT2D eigenvalue weighted by atomic mass is 79.9. The molecule has 0 bridgehead atoms. The van der Waals surface area contributed by atoms with Crippen molar-refractivity contribution in [2.45, 2.75) is 9.65 Å². The molecule has 0 radical (unpaired) electrons. The topological polar surface area (TPSA) is 9.23 Å². The van der Waals surface area contributed by atoms with E-state index in [0.717, 1.165) is 37.3 Å². The van der Waals surface area contributed by atoms with Gasteiger partial charge in [-0.05, 0) is 59.9 Å². The second kappa shape index (κ2) is 13.9.